The first-order valence-corrected chi connectivity index (χ1v) is 12.8. The van der Waals surface area contributed by atoms with E-state index in [-0.39, 0.29) is 41.3 Å². The van der Waals surface area contributed by atoms with E-state index in [9.17, 15) is 13.2 Å². The molecule has 0 radical (unpaired) electrons. The molecule has 4 aromatic carbocycles. The molecule has 5 rings (SSSR count). The average molecular weight is 559 g/mol. The Morgan fingerprint density at radius 2 is 1.25 bits per heavy atom. The summed E-state index contributed by atoms with van der Waals surface area (Å²) in [5, 5.41) is -1.18. The van der Waals surface area contributed by atoms with E-state index in [0.29, 0.717) is 12.0 Å². The van der Waals surface area contributed by atoms with Gasteiger partial charge in [0.15, 0.2) is 34.8 Å². The SMILES string of the molecule is CCCCCOc1cc2oc3cc(-c4ccc(-c5ccc(OCC)c(F)c5)cc4F)c(F)c(F)c3c2c(F)c1F. The van der Waals surface area contributed by atoms with Crippen molar-refractivity contribution in [1.82, 2.24) is 0 Å². The zero-order valence-corrected chi connectivity index (χ0v) is 21.6. The summed E-state index contributed by atoms with van der Waals surface area (Å²) in [5.41, 5.74) is -0.706. The van der Waals surface area contributed by atoms with Crippen LogP contribution in [0.15, 0.2) is 52.9 Å². The largest absolute Gasteiger partial charge is 0.491 e. The molecule has 0 aliphatic carbocycles. The van der Waals surface area contributed by atoms with Gasteiger partial charge in [-0.1, -0.05) is 38.0 Å². The number of hydrogen-bond donors (Lipinski definition) is 0. The van der Waals surface area contributed by atoms with Gasteiger partial charge in [-0.2, -0.15) is 4.39 Å². The normalized spacial score (nSPS) is 11.5. The Morgan fingerprint density at radius 3 is 1.90 bits per heavy atom. The van der Waals surface area contributed by atoms with E-state index >= 15 is 13.2 Å². The minimum Gasteiger partial charge on any atom is -0.491 e. The van der Waals surface area contributed by atoms with Crippen molar-refractivity contribution in [2.75, 3.05) is 13.2 Å². The number of unbranched alkanes of at least 4 members (excludes halogenated alkanes) is 2. The van der Waals surface area contributed by atoms with Crippen molar-refractivity contribution in [3.05, 3.63) is 83.4 Å². The van der Waals surface area contributed by atoms with Crippen molar-refractivity contribution in [2.24, 2.45) is 0 Å². The van der Waals surface area contributed by atoms with Gasteiger partial charge < -0.3 is 13.9 Å². The van der Waals surface area contributed by atoms with Gasteiger partial charge in [0.1, 0.15) is 17.0 Å². The quantitative estimate of drug-likeness (QED) is 0.133. The molecule has 0 fully saturated rings. The Labute approximate surface area is 225 Å². The van der Waals surface area contributed by atoms with Crippen molar-refractivity contribution in [2.45, 2.75) is 33.1 Å². The first-order valence-electron chi connectivity index (χ1n) is 12.8. The number of halogens is 6. The average Bonchev–Trinajstić information content (AvgIpc) is 3.31. The van der Waals surface area contributed by atoms with Gasteiger partial charge in [-0.3, -0.25) is 0 Å². The van der Waals surface area contributed by atoms with E-state index in [1.807, 2.05) is 6.92 Å². The van der Waals surface area contributed by atoms with E-state index in [0.717, 1.165) is 31.0 Å². The molecule has 0 saturated heterocycles. The summed E-state index contributed by atoms with van der Waals surface area (Å²) in [6.07, 6.45) is 2.36. The van der Waals surface area contributed by atoms with Crippen LogP contribution in [-0.4, -0.2) is 13.2 Å². The zero-order valence-electron chi connectivity index (χ0n) is 21.6. The van der Waals surface area contributed by atoms with Crippen molar-refractivity contribution >= 4 is 21.9 Å². The summed E-state index contributed by atoms with van der Waals surface area (Å²) in [4.78, 5) is 0. The lowest BCUT2D eigenvalue weighted by Crippen LogP contribution is -2.01. The van der Waals surface area contributed by atoms with Crippen LogP contribution in [-0.2, 0) is 0 Å². The molecular formula is C31H24F6O3. The summed E-state index contributed by atoms with van der Waals surface area (Å²) < 4.78 is 106. The highest BCUT2D eigenvalue weighted by Crippen LogP contribution is 2.41. The fourth-order valence-electron chi connectivity index (χ4n) is 4.63. The first-order chi connectivity index (χ1) is 19.2. The number of fused-ring (bicyclic) bond motifs is 3. The molecule has 0 aliphatic rings. The molecule has 5 aromatic rings. The van der Waals surface area contributed by atoms with Gasteiger partial charge in [0.05, 0.1) is 24.0 Å². The topological polar surface area (TPSA) is 31.6 Å². The van der Waals surface area contributed by atoms with E-state index in [1.54, 1.807) is 13.0 Å². The molecule has 0 unspecified atom stereocenters. The maximum Gasteiger partial charge on any atom is 0.201 e. The minimum absolute atomic E-state index is 0.0477. The molecule has 1 aromatic heterocycles. The van der Waals surface area contributed by atoms with Gasteiger partial charge in [-0.25, -0.2) is 22.0 Å². The van der Waals surface area contributed by atoms with Crippen LogP contribution in [0.4, 0.5) is 26.3 Å². The molecule has 0 amide bonds. The smallest absolute Gasteiger partial charge is 0.201 e. The summed E-state index contributed by atoms with van der Waals surface area (Å²) in [5.74, 6) is -7.67. The van der Waals surface area contributed by atoms with Gasteiger partial charge in [0, 0.05) is 17.2 Å². The third kappa shape index (κ3) is 4.85. The van der Waals surface area contributed by atoms with Crippen molar-refractivity contribution in [3.63, 3.8) is 0 Å². The number of hydrogen-bond acceptors (Lipinski definition) is 3. The molecule has 1 heterocycles. The maximum absolute atomic E-state index is 15.3. The first kappa shape index (κ1) is 27.4. The highest BCUT2D eigenvalue weighted by Gasteiger charge is 2.26. The Hall–Kier alpha value is -4.14. The van der Waals surface area contributed by atoms with Crippen LogP contribution in [0.2, 0.25) is 0 Å². The second kappa shape index (κ2) is 11.2. The lowest BCUT2D eigenvalue weighted by molar-refractivity contribution is 0.287. The molecule has 3 nitrogen and oxygen atoms in total. The second-order valence-electron chi connectivity index (χ2n) is 9.23. The fraction of sp³-hybridized carbons (Fsp3) is 0.226. The van der Waals surface area contributed by atoms with Crippen LogP contribution in [0.25, 0.3) is 44.2 Å². The molecule has 0 aliphatic heterocycles. The zero-order chi connectivity index (χ0) is 28.6. The summed E-state index contributed by atoms with van der Waals surface area (Å²) >= 11 is 0. The molecule has 0 N–H and O–H groups in total. The van der Waals surface area contributed by atoms with Crippen LogP contribution in [0.3, 0.4) is 0 Å². The number of benzene rings is 4. The molecule has 208 valence electrons. The Balaban J connectivity index is 1.56. The standard InChI is InChI=1S/C31H24F6O3/c1-3-5-6-11-39-25-15-24-27(31(37)29(25)35)26-23(40-24)14-19(28(34)30(26)36)18-9-7-16(12-20(18)32)17-8-10-22(38-4-2)21(33)13-17/h7-10,12-15H,3-6,11H2,1-2H3. The fourth-order valence-corrected chi connectivity index (χ4v) is 4.63. The van der Waals surface area contributed by atoms with Gasteiger partial charge >= 0.3 is 0 Å². The molecular weight excluding hydrogens is 534 g/mol. The highest BCUT2D eigenvalue weighted by molar-refractivity contribution is 6.07. The Bertz CT molecular complexity index is 1730. The van der Waals surface area contributed by atoms with Crippen molar-refractivity contribution in [1.29, 1.82) is 0 Å². The number of rotatable bonds is 9. The third-order valence-corrected chi connectivity index (χ3v) is 6.61. The summed E-state index contributed by atoms with van der Waals surface area (Å²) in [6, 6.07) is 9.94. The third-order valence-electron chi connectivity index (χ3n) is 6.61. The summed E-state index contributed by atoms with van der Waals surface area (Å²) in [7, 11) is 0. The Kier molecular flexibility index (Phi) is 7.65. The molecule has 40 heavy (non-hydrogen) atoms. The second-order valence-corrected chi connectivity index (χ2v) is 9.23. The summed E-state index contributed by atoms with van der Waals surface area (Å²) in [6.45, 7) is 4.10. The van der Waals surface area contributed by atoms with Gasteiger partial charge in [0.25, 0.3) is 0 Å². The number of furan rings is 1. The van der Waals surface area contributed by atoms with E-state index in [1.165, 1.54) is 24.3 Å². The minimum atomic E-state index is -1.52. The van der Waals surface area contributed by atoms with E-state index < -0.39 is 57.0 Å². The van der Waals surface area contributed by atoms with Crippen LogP contribution in [0.1, 0.15) is 33.1 Å². The van der Waals surface area contributed by atoms with Crippen LogP contribution in [0.5, 0.6) is 11.5 Å². The van der Waals surface area contributed by atoms with Crippen LogP contribution < -0.4 is 9.47 Å². The van der Waals surface area contributed by atoms with Crippen LogP contribution in [0, 0.1) is 34.9 Å². The van der Waals surface area contributed by atoms with Gasteiger partial charge in [0.2, 0.25) is 5.82 Å². The molecule has 9 heteroatoms. The molecule has 0 spiro atoms. The maximum atomic E-state index is 15.3. The highest BCUT2D eigenvalue weighted by atomic mass is 19.2. The Morgan fingerprint density at radius 1 is 0.600 bits per heavy atom. The van der Waals surface area contributed by atoms with Gasteiger partial charge in [-0.15, -0.1) is 0 Å². The van der Waals surface area contributed by atoms with Gasteiger partial charge in [-0.05, 0) is 48.7 Å². The number of ether oxygens (including phenoxy) is 2. The van der Waals surface area contributed by atoms with Crippen molar-refractivity contribution < 1.29 is 40.2 Å². The molecule has 0 bridgehead atoms. The molecule has 0 atom stereocenters. The van der Waals surface area contributed by atoms with E-state index in [4.69, 9.17) is 13.9 Å². The monoisotopic (exact) mass is 558 g/mol. The molecule has 0 saturated carbocycles. The predicted molar refractivity (Wildman–Crippen MR) is 141 cm³/mol. The lowest BCUT2D eigenvalue weighted by Gasteiger charge is -2.10. The lowest BCUT2D eigenvalue weighted by atomic mass is 9.97. The van der Waals surface area contributed by atoms with E-state index in [2.05, 4.69) is 0 Å². The van der Waals surface area contributed by atoms with Crippen molar-refractivity contribution in [3.8, 4) is 33.8 Å². The van der Waals surface area contributed by atoms with Crippen LogP contribution >= 0.6 is 0 Å². The predicted octanol–water partition coefficient (Wildman–Crippen LogP) is 9.72.